The zero-order chi connectivity index (χ0) is 26.0. The molecule has 0 spiro atoms. The Balaban J connectivity index is 1.32. The van der Waals surface area contributed by atoms with Gasteiger partial charge in [-0.05, 0) is 48.0 Å². The second-order valence-electron chi connectivity index (χ2n) is 8.32. The number of para-hydroxylation sites is 1. The molecule has 37 heavy (non-hydrogen) atoms. The molecule has 0 radical (unpaired) electrons. The number of halogens is 5. The summed E-state index contributed by atoms with van der Waals surface area (Å²) in [6.45, 7) is 2.82. The minimum absolute atomic E-state index is 0.148. The fourth-order valence-corrected chi connectivity index (χ4v) is 4.54. The SMILES string of the molecule is FC(F)(F)c1cc(COc2ccc(-c3ccc(N4CCOCC4)nc3)cc2)n(-c2c(Cl)cccc2Cl)n1. The third-order valence-corrected chi connectivity index (χ3v) is 6.49. The summed E-state index contributed by atoms with van der Waals surface area (Å²) in [6.07, 6.45) is -2.83. The number of pyridine rings is 1. The Bertz CT molecular complexity index is 1350. The lowest BCUT2D eigenvalue weighted by atomic mass is 10.1. The normalized spacial score (nSPS) is 14.1. The molecule has 2 aromatic heterocycles. The lowest BCUT2D eigenvalue weighted by Crippen LogP contribution is -2.36. The third kappa shape index (κ3) is 5.69. The largest absolute Gasteiger partial charge is 0.487 e. The summed E-state index contributed by atoms with van der Waals surface area (Å²) in [7, 11) is 0. The number of hydrogen-bond acceptors (Lipinski definition) is 5. The van der Waals surface area contributed by atoms with Crippen LogP contribution in [0.1, 0.15) is 11.4 Å². The van der Waals surface area contributed by atoms with Crippen LogP contribution in [0, 0.1) is 0 Å². The van der Waals surface area contributed by atoms with Gasteiger partial charge in [0.15, 0.2) is 5.69 Å². The molecule has 4 aromatic rings. The molecule has 0 amide bonds. The van der Waals surface area contributed by atoms with Crippen molar-refractivity contribution >= 4 is 29.0 Å². The van der Waals surface area contributed by atoms with Crippen LogP contribution in [0.2, 0.25) is 10.0 Å². The van der Waals surface area contributed by atoms with Gasteiger partial charge in [0.25, 0.3) is 0 Å². The van der Waals surface area contributed by atoms with E-state index in [9.17, 15) is 13.2 Å². The number of morpholine rings is 1. The maximum Gasteiger partial charge on any atom is 0.435 e. The summed E-state index contributed by atoms with van der Waals surface area (Å²) in [5, 5.41) is 4.04. The molecule has 6 nitrogen and oxygen atoms in total. The van der Waals surface area contributed by atoms with Crippen molar-refractivity contribution < 1.29 is 22.6 Å². The van der Waals surface area contributed by atoms with Gasteiger partial charge in [-0.25, -0.2) is 9.67 Å². The molecule has 2 aromatic carbocycles. The van der Waals surface area contributed by atoms with Crippen LogP contribution < -0.4 is 9.64 Å². The Hall–Kier alpha value is -3.27. The fraction of sp³-hybridized carbons (Fsp3) is 0.231. The van der Waals surface area contributed by atoms with Gasteiger partial charge in [-0.15, -0.1) is 0 Å². The number of hydrogen-bond donors (Lipinski definition) is 0. The lowest BCUT2D eigenvalue weighted by molar-refractivity contribution is -0.141. The maximum absolute atomic E-state index is 13.4. The number of anilines is 1. The molecule has 0 bridgehead atoms. The predicted octanol–water partition coefficient (Wildman–Crippen LogP) is 6.68. The van der Waals surface area contributed by atoms with Crippen molar-refractivity contribution in [3.63, 3.8) is 0 Å². The quantitative estimate of drug-likeness (QED) is 0.269. The van der Waals surface area contributed by atoms with Crippen LogP contribution in [-0.2, 0) is 17.5 Å². The van der Waals surface area contributed by atoms with Crippen LogP contribution in [0.15, 0.2) is 66.9 Å². The zero-order valence-electron chi connectivity index (χ0n) is 19.4. The third-order valence-electron chi connectivity index (χ3n) is 5.88. The molecule has 0 atom stereocenters. The molecule has 0 unspecified atom stereocenters. The number of nitrogens with zero attached hydrogens (tertiary/aromatic N) is 4. The van der Waals surface area contributed by atoms with E-state index in [0.29, 0.717) is 19.0 Å². The van der Waals surface area contributed by atoms with Crippen molar-refractivity contribution in [1.82, 2.24) is 14.8 Å². The molecule has 0 saturated carbocycles. The van der Waals surface area contributed by atoms with Gasteiger partial charge in [0.2, 0.25) is 0 Å². The van der Waals surface area contributed by atoms with E-state index >= 15 is 0 Å². The van der Waals surface area contributed by atoms with Gasteiger partial charge < -0.3 is 14.4 Å². The van der Waals surface area contributed by atoms with E-state index in [1.165, 1.54) is 12.1 Å². The number of benzene rings is 2. The highest BCUT2D eigenvalue weighted by Crippen LogP contribution is 2.34. The van der Waals surface area contributed by atoms with E-state index in [4.69, 9.17) is 32.7 Å². The molecular formula is C26H21Cl2F3N4O2. The minimum atomic E-state index is -4.64. The Kier molecular flexibility index (Phi) is 7.28. The van der Waals surface area contributed by atoms with Crippen molar-refractivity contribution in [2.75, 3.05) is 31.2 Å². The topological polar surface area (TPSA) is 52.4 Å². The molecule has 5 rings (SSSR count). The first-order chi connectivity index (χ1) is 17.8. The van der Waals surface area contributed by atoms with Gasteiger partial charge in [-0.3, -0.25) is 0 Å². The molecule has 0 N–H and O–H groups in total. The summed E-state index contributed by atoms with van der Waals surface area (Å²) in [6, 6.07) is 16.8. The van der Waals surface area contributed by atoms with Gasteiger partial charge in [0.05, 0.1) is 29.0 Å². The molecule has 1 aliphatic heterocycles. The van der Waals surface area contributed by atoms with Crippen LogP contribution in [-0.4, -0.2) is 41.1 Å². The minimum Gasteiger partial charge on any atom is -0.487 e. The monoisotopic (exact) mass is 548 g/mol. The first-order valence-electron chi connectivity index (χ1n) is 11.4. The molecule has 11 heteroatoms. The lowest BCUT2D eigenvalue weighted by Gasteiger charge is -2.27. The molecular weight excluding hydrogens is 528 g/mol. The number of alkyl halides is 3. The van der Waals surface area contributed by atoms with E-state index < -0.39 is 11.9 Å². The molecule has 3 heterocycles. The number of ether oxygens (including phenoxy) is 2. The fourth-order valence-electron chi connectivity index (χ4n) is 3.98. The van der Waals surface area contributed by atoms with E-state index in [-0.39, 0.29) is 28.0 Å². The molecule has 0 aliphatic carbocycles. The van der Waals surface area contributed by atoms with Gasteiger partial charge in [-0.1, -0.05) is 41.4 Å². The number of rotatable bonds is 6. The predicted molar refractivity (Wildman–Crippen MR) is 136 cm³/mol. The first-order valence-corrected chi connectivity index (χ1v) is 12.2. The second-order valence-corrected chi connectivity index (χ2v) is 9.13. The molecule has 192 valence electrons. The van der Waals surface area contributed by atoms with Gasteiger partial charge in [0.1, 0.15) is 23.9 Å². The Morgan fingerprint density at radius 2 is 1.59 bits per heavy atom. The van der Waals surface area contributed by atoms with Crippen LogP contribution in [0.25, 0.3) is 16.8 Å². The van der Waals surface area contributed by atoms with E-state index in [2.05, 4.69) is 15.0 Å². The smallest absolute Gasteiger partial charge is 0.435 e. The van der Waals surface area contributed by atoms with Gasteiger partial charge in [-0.2, -0.15) is 18.3 Å². The van der Waals surface area contributed by atoms with Gasteiger partial charge >= 0.3 is 6.18 Å². The summed E-state index contributed by atoms with van der Waals surface area (Å²) < 4.78 is 52.5. The van der Waals surface area contributed by atoms with Crippen molar-refractivity contribution in [3.05, 3.63) is 88.3 Å². The highest BCUT2D eigenvalue weighted by atomic mass is 35.5. The van der Waals surface area contributed by atoms with Crippen LogP contribution in [0.4, 0.5) is 19.0 Å². The zero-order valence-corrected chi connectivity index (χ0v) is 20.9. The van der Waals surface area contributed by atoms with E-state index in [0.717, 1.165) is 40.8 Å². The highest BCUT2D eigenvalue weighted by Gasteiger charge is 2.35. The van der Waals surface area contributed by atoms with Crippen molar-refractivity contribution in [2.45, 2.75) is 12.8 Å². The molecule has 1 saturated heterocycles. The summed E-state index contributed by atoms with van der Waals surface area (Å²) in [5.74, 6) is 1.38. The van der Waals surface area contributed by atoms with E-state index in [1.54, 1.807) is 18.2 Å². The Morgan fingerprint density at radius 3 is 2.22 bits per heavy atom. The van der Waals surface area contributed by atoms with Crippen molar-refractivity contribution in [1.29, 1.82) is 0 Å². The second kappa shape index (κ2) is 10.6. The summed E-state index contributed by atoms with van der Waals surface area (Å²) >= 11 is 12.5. The van der Waals surface area contributed by atoms with Crippen LogP contribution in [0.3, 0.4) is 0 Å². The summed E-state index contributed by atoms with van der Waals surface area (Å²) in [5.41, 5.74) is 1.11. The Morgan fingerprint density at radius 1 is 0.919 bits per heavy atom. The standard InChI is InChI=1S/C26H21Cl2F3N4O2/c27-21-2-1-3-22(28)25(21)35-19(14-23(33-35)26(29,30)31)16-37-20-7-4-17(5-8-20)18-6-9-24(32-15-18)34-10-12-36-13-11-34/h1-9,14-15H,10-13,16H2. The van der Waals surface area contributed by atoms with Crippen LogP contribution >= 0.6 is 23.2 Å². The number of aromatic nitrogens is 3. The van der Waals surface area contributed by atoms with Crippen molar-refractivity contribution in [3.8, 4) is 22.6 Å². The van der Waals surface area contributed by atoms with Crippen molar-refractivity contribution in [2.24, 2.45) is 0 Å². The maximum atomic E-state index is 13.4. The molecule has 1 aliphatic rings. The molecule has 1 fully saturated rings. The Labute approximate surface area is 221 Å². The van der Waals surface area contributed by atoms with E-state index in [1.807, 2.05) is 30.5 Å². The van der Waals surface area contributed by atoms with Gasteiger partial charge in [0, 0.05) is 24.8 Å². The average molecular weight is 549 g/mol. The summed E-state index contributed by atoms with van der Waals surface area (Å²) in [4.78, 5) is 6.74. The van der Waals surface area contributed by atoms with Crippen LogP contribution in [0.5, 0.6) is 5.75 Å². The highest BCUT2D eigenvalue weighted by molar-refractivity contribution is 6.37. The first kappa shape index (κ1) is 25.4. The average Bonchev–Trinajstić information content (AvgIpc) is 3.33.